The molecule has 0 radical (unpaired) electrons. The number of benzene rings is 1. The van der Waals surface area contributed by atoms with Crippen molar-refractivity contribution in [3.8, 4) is 5.75 Å². The zero-order valence-corrected chi connectivity index (χ0v) is 13.0. The van der Waals surface area contributed by atoms with Crippen LogP contribution >= 0.6 is 0 Å². The van der Waals surface area contributed by atoms with Gasteiger partial charge < -0.3 is 4.74 Å². The van der Waals surface area contributed by atoms with Crippen LogP contribution in [0, 0.1) is 0 Å². The molecule has 1 amide bonds. The third kappa shape index (κ3) is 2.54. The maximum Gasteiger partial charge on any atom is 0.240 e. The van der Waals surface area contributed by atoms with Gasteiger partial charge in [0.05, 0.1) is 12.8 Å². The Labute approximate surface area is 129 Å². The number of hydrogen-bond acceptors (Lipinski definition) is 4. The van der Waals surface area contributed by atoms with Gasteiger partial charge in [-0.2, -0.15) is 5.10 Å². The van der Waals surface area contributed by atoms with Crippen LogP contribution in [-0.4, -0.2) is 23.7 Å². The Kier molecular flexibility index (Phi) is 3.79. The quantitative estimate of drug-likeness (QED) is 0.947. The average Bonchev–Trinajstić information content (AvgIpc) is 2.54. The molecule has 0 aliphatic carbocycles. The van der Waals surface area contributed by atoms with E-state index in [9.17, 15) is 4.79 Å². The first-order valence-electron chi connectivity index (χ1n) is 7.43. The summed E-state index contributed by atoms with van der Waals surface area (Å²) in [5.74, 6) is 1.06. The van der Waals surface area contributed by atoms with E-state index in [0.29, 0.717) is 18.8 Å². The molecule has 5 heteroatoms. The van der Waals surface area contributed by atoms with Crippen LogP contribution in [-0.2, 0) is 4.79 Å². The molecule has 22 heavy (non-hydrogen) atoms. The molecule has 114 valence electrons. The van der Waals surface area contributed by atoms with E-state index in [1.54, 1.807) is 7.11 Å². The van der Waals surface area contributed by atoms with Gasteiger partial charge in [-0.05, 0) is 24.1 Å². The lowest BCUT2D eigenvalue weighted by Crippen LogP contribution is -2.26. The second-order valence-corrected chi connectivity index (χ2v) is 5.70. The maximum absolute atomic E-state index is 11.3. The Morgan fingerprint density at radius 2 is 2.00 bits per heavy atom. The Morgan fingerprint density at radius 1 is 1.18 bits per heavy atom. The number of ether oxygens (including phenoxy) is 1. The first-order valence-corrected chi connectivity index (χ1v) is 7.43. The molecule has 2 heterocycles. The van der Waals surface area contributed by atoms with Gasteiger partial charge in [-0.25, -0.2) is 10.4 Å². The van der Waals surface area contributed by atoms with Gasteiger partial charge >= 0.3 is 0 Å². The van der Waals surface area contributed by atoms with Crippen LogP contribution in [0.25, 0.3) is 10.9 Å². The Balaban J connectivity index is 2.18. The number of hydrogen-bond donors (Lipinski definition) is 1. The summed E-state index contributed by atoms with van der Waals surface area (Å²) in [4.78, 5) is 16.0. The number of carbonyl (C=O) groups excluding carboxylic acids is 1. The molecule has 0 saturated heterocycles. The van der Waals surface area contributed by atoms with Crippen molar-refractivity contribution in [2.45, 2.75) is 32.6 Å². The number of carbonyl (C=O) groups is 1. The monoisotopic (exact) mass is 297 g/mol. The van der Waals surface area contributed by atoms with Crippen molar-refractivity contribution < 1.29 is 9.53 Å². The predicted molar refractivity (Wildman–Crippen MR) is 86.3 cm³/mol. The molecule has 1 aromatic carbocycles. The first kappa shape index (κ1) is 14.5. The summed E-state index contributed by atoms with van der Waals surface area (Å²) < 4.78 is 5.45. The number of nitrogens with zero attached hydrogens (tertiary/aromatic N) is 2. The second kappa shape index (κ2) is 5.75. The van der Waals surface area contributed by atoms with Gasteiger partial charge in [-0.1, -0.05) is 19.9 Å². The lowest BCUT2D eigenvalue weighted by atomic mass is 9.98. The Hall–Kier alpha value is -2.43. The van der Waals surface area contributed by atoms with E-state index in [-0.39, 0.29) is 5.91 Å². The van der Waals surface area contributed by atoms with Gasteiger partial charge in [-0.15, -0.1) is 0 Å². The molecule has 5 nitrogen and oxygen atoms in total. The zero-order chi connectivity index (χ0) is 15.7. The highest BCUT2D eigenvalue weighted by Gasteiger charge is 2.18. The van der Waals surface area contributed by atoms with Gasteiger partial charge in [0.2, 0.25) is 5.91 Å². The summed E-state index contributed by atoms with van der Waals surface area (Å²) in [5, 5.41) is 5.19. The fourth-order valence-corrected chi connectivity index (χ4v) is 2.61. The number of pyridine rings is 1. The molecule has 0 bridgehead atoms. The van der Waals surface area contributed by atoms with Gasteiger partial charge in [0, 0.05) is 29.5 Å². The highest BCUT2D eigenvalue weighted by Crippen LogP contribution is 2.30. The number of amides is 1. The number of hydrazone groups is 1. The second-order valence-electron chi connectivity index (χ2n) is 5.70. The lowest BCUT2D eigenvalue weighted by Gasteiger charge is -2.16. The molecule has 3 rings (SSSR count). The molecule has 2 aromatic rings. The van der Waals surface area contributed by atoms with Crippen molar-refractivity contribution >= 4 is 22.5 Å². The molecule has 1 aromatic heterocycles. The Morgan fingerprint density at radius 3 is 2.64 bits per heavy atom. The van der Waals surface area contributed by atoms with E-state index < -0.39 is 0 Å². The van der Waals surface area contributed by atoms with Crippen LogP contribution in [0.3, 0.4) is 0 Å². The third-order valence-electron chi connectivity index (χ3n) is 3.87. The standard InChI is InChI=1S/C17H19N3O2/c1-10(2)13-6-4-12-11(14-7-9-16(21)20-19-14)5-8-15(22-3)17(12)18-13/h4-6,8,10H,7,9H2,1-3H3,(H,20,21). The fraction of sp³-hybridized carbons (Fsp3) is 0.353. The van der Waals surface area contributed by atoms with Crippen molar-refractivity contribution in [2.75, 3.05) is 7.11 Å². The fourth-order valence-electron chi connectivity index (χ4n) is 2.61. The van der Waals surface area contributed by atoms with Crippen LogP contribution in [0.1, 0.15) is 43.9 Å². The van der Waals surface area contributed by atoms with Gasteiger partial charge in [0.25, 0.3) is 0 Å². The molecule has 1 aliphatic heterocycles. The minimum Gasteiger partial charge on any atom is -0.494 e. The minimum atomic E-state index is -0.0400. The smallest absolute Gasteiger partial charge is 0.240 e. The number of fused-ring (bicyclic) bond motifs is 1. The van der Waals surface area contributed by atoms with E-state index in [1.165, 1.54) is 0 Å². The van der Waals surface area contributed by atoms with Crippen LogP contribution in [0.5, 0.6) is 5.75 Å². The van der Waals surface area contributed by atoms with Crippen LogP contribution in [0.15, 0.2) is 29.4 Å². The molecule has 0 unspecified atom stereocenters. The van der Waals surface area contributed by atoms with Gasteiger partial charge in [0.1, 0.15) is 11.3 Å². The van der Waals surface area contributed by atoms with Crippen LogP contribution in [0.2, 0.25) is 0 Å². The van der Waals surface area contributed by atoms with Crippen LogP contribution in [0.4, 0.5) is 0 Å². The van der Waals surface area contributed by atoms with Crippen molar-refractivity contribution in [1.29, 1.82) is 0 Å². The van der Waals surface area contributed by atoms with E-state index in [1.807, 2.05) is 18.2 Å². The largest absolute Gasteiger partial charge is 0.494 e. The molecule has 0 spiro atoms. The van der Waals surface area contributed by atoms with E-state index >= 15 is 0 Å². The van der Waals surface area contributed by atoms with Gasteiger partial charge in [-0.3, -0.25) is 4.79 Å². The number of nitrogens with one attached hydrogen (secondary N) is 1. The van der Waals surface area contributed by atoms with Crippen LogP contribution < -0.4 is 10.2 Å². The molecule has 1 N–H and O–H groups in total. The normalized spacial score (nSPS) is 14.9. The summed E-state index contributed by atoms with van der Waals surface area (Å²) in [6.45, 7) is 4.23. The summed E-state index contributed by atoms with van der Waals surface area (Å²) in [7, 11) is 1.65. The molecule has 0 fully saturated rings. The highest BCUT2D eigenvalue weighted by atomic mass is 16.5. The zero-order valence-electron chi connectivity index (χ0n) is 13.0. The van der Waals surface area contributed by atoms with Crippen molar-refractivity contribution in [3.05, 3.63) is 35.5 Å². The number of rotatable bonds is 3. The lowest BCUT2D eigenvalue weighted by molar-refractivity contribution is -0.121. The first-order chi connectivity index (χ1) is 10.6. The average molecular weight is 297 g/mol. The molecule has 1 aliphatic rings. The number of methoxy groups -OCH3 is 1. The van der Waals surface area contributed by atoms with Crippen molar-refractivity contribution in [2.24, 2.45) is 5.10 Å². The molecular weight excluding hydrogens is 278 g/mol. The summed E-state index contributed by atoms with van der Waals surface area (Å²) >= 11 is 0. The van der Waals surface area contributed by atoms with E-state index in [2.05, 4.69) is 30.4 Å². The summed E-state index contributed by atoms with van der Waals surface area (Å²) in [6, 6.07) is 7.99. The topological polar surface area (TPSA) is 63.6 Å². The van der Waals surface area contributed by atoms with Gasteiger partial charge in [0.15, 0.2) is 0 Å². The highest BCUT2D eigenvalue weighted by molar-refractivity contribution is 6.13. The predicted octanol–water partition coefficient (Wildman–Crippen LogP) is 2.98. The Bertz CT molecular complexity index is 766. The van der Waals surface area contributed by atoms with Crippen molar-refractivity contribution in [1.82, 2.24) is 10.4 Å². The maximum atomic E-state index is 11.3. The van der Waals surface area contributed by atoms with Crippen molar-refractivity contribution in [3.63, 3.8) is 0 Å². The minimum absolute atomic E-state index is 0.0400. The summed E-state index contributed by atoms with van der Waals surface area (Å²) in [5.41, 5.74) is 6.30. The van der Waals surface area contributed by atoms with E-state index in [4.69, 9.17) is 9.72 Å². The molecule has 0 atom stereocenters. The third-order valence-corrected chi connectivity index (χ3v) is 3.87. The molecule has 0 saturated carbocycles. The van der Waals surface area contributed by atoms with E-state index in [0.717, 1.165) is 33.6 Å². The number of aromatic nitrogens is 1. The SMILES string of the molecule is COc1ccc(C2=NNC(=O)CC2)c2ccc(C(C)C)nc12. The molecular formula is C17H19N3O2. The summed E-state index contributed by atoms with van der Waals surface area (Å²) in [6.07, 6.45) is 1.10.